The lowest BCUT2D eigenvalue weighted by molar-refractivity contribution is -0.137. The number of aliphatic hydroxyl groups excluding tert-OH is 1. The molecule has 1 saturated heterocycles. The number of hydrogen-bond donors (Lipinski definition) is 2. The third-order valence-electron chi connectivity index (χ3n) is 3.31. The van der Waals surface area contributed by atoms with Crippen molar-refractivity contribution in [3.05, 3.63) is 0 Å². The van der Waals surface area contributed by atoms with Gasteiger partial charge in [0.2, 0.25) is 0 Å². The first-order valence-corrected chi connectivity index (χ1v) is 6.40. The number of carbonyl (C=O) groups excluding carboxylic acids is 1. The van der Waals surface area contributed by atoms with Gasteiger partial charge in [-0.15, -0.1) is 0 Å². The maximum atomic E-state index is 12.1. The van der Waals surface area contributed by atoms with Crippen LogP contribution in [0.3, 0.4) is 0 Å². The number of aliphatic carboxylic acids is 1. The van der Waals surface area contributed by atoms with Crippen LogP contribution in [0.4, 0.5) is 4.79 Å². The molecule has 0 bridgehead atoms. The average molecular weight is 258 g/mol. The lowest BCUT2D eigenvalue weighted by Gasteiger charge is -2.29. The van der Waals surface area contributed by atoms with Gasteiger partial charge in [0, 0.05) is 32.8 Å². The topological polar surface area (TPSA) is 81.1 Å². The molecule has 6 nitrogen and oxygen atoms in total. The highest BCUT2D eigenvalue weighted by atomic mass is 16.4. The van der Waals surface area contributed by atoms with E-state index in [-0.39, 0.29) is 31.6 Å². The Morgan fingerprint density at radius 2 is 2.17 bits per heavy atom. The third-order valence-corrected chi connectivity index (χ3v) is 3.31. The van der Waals surface area contributed by atoms with E-state index in [1.807, 2.05) is 0 Å². The summed E-state index contributed by atoms with van der Waals surface area (Å²) in [5.41, 5.74) is 0. The second-order valence-corrected chi connectivity index (χ2v) is 4.70. The van der Waals surface area contributed by atoms with Gasteiger partial charge in [-0.1, -0.05) is 0 Å². The van der Waals surface area contributed by atoms with E-state index in [0.717, 1.165) is 25.8 Å². The molecule has 0 aromatic carbocycles. The van der Waals surface area contributed by atoms with Crippen molar-refractivity contribution < 1.29 is 19.8 Å². The van der Waals surface area contributed by atoms with E-state index < -0.39 is 5.97 Å². The highest BCUT2D eigenvalue weighted by Gasteiger charge is 2.30. The van der Waals surface area contributed by atoms with Gasteiger partial charge in [-0.25, -0.2) is 4.79 Å². The summed E-state index contributed by atoms with van der Waals surface area (Å²) in [4.78, 5) is 25.9. The fourth-order valence-corrected chi connectivity index (χ4v) is 2.29. The molecule has 1 rings (SSSR count). The van der Waals surface area contributed by atoms with Crippen molar-refractivity contribution >= 4 is 12.0 Å². The molecule has 0 radical (unpaired) electrons. The van der Waals surface area contributed by atoms with Crippen LogP contribution in [0, 0.1) is 0 Å². The highest BCUT2D eigenvalue weighted by Crippen LogP contribution is 2.22. The Hall–Kier alpha value is -1.30. The lowest BCUT2D eigenvalue weighted by atomic mass is 10.1. The zero-order valence-corrected chi connectivity index (χ0v) is 10.8. The molecule has 2 N–H and O–H groups in total. The van der Waals surface area contributed by atoms with Crippen molar-refractivity contribution in [1.82, 2.24) is 9.80 Å². The normalized spacial score (nSPS) is 19.0. The largest absolute Gasteiger partial charge is 0.481 e. The number of carbonyl (C=O) groups is 2. The molecule has 6 heteroatoms. The molecule has 1 aliphatic rings. The van der Waals surface area contributed by atoms with Gasteiger partial charge in [-0.05, 0) is 25.7 Å². The van der Waals surface area contributed by atoms with E-state index in [0.29, 0.717) is 6.42 Å². The van der Waals surface area contributed by atoms with Crippen molar-refractivity contribution in [2.45, 2.75) is 38.1 Å². The Bertz CT molecular complexity index is 296. The number of amides is 2. The summed E-state index contributed by atoms with van der Waals surface area (Å²) in [7, 11) is 1.63. The molecule has 1 unspecified atom stereocenters. The van der Waals surface area contributed by atoms with Gasteiger partial charge in [-0.2, -0.15) is 0 Å². The molecule has 18 heavy (non-hydrogen) atoms. The molecule has 1 aliphatic heterocycles. The fraction of sp³-hybridized carbons (Fsp3) is 0.833. The molecule has 2 amide bonds. The van der Waals surface area contributed by atoms with Crippen molar-refractivity contribution in [2.24, 2.45) is 0 Å². The zero-order chi connectivity index (χ0) is 13.5. The Kier molecular flexibility index (Phi) is 5.91. The summed E-state index contributed by atoms with van der Waals surface area (Å²) in [6.45, 7) is 1.11. The van der Waals surface area contributed by atoms with E-state index >= 15 is 0 Å². The maximum Gasteiger partial charge on any atom is 0.320 e. The number of aliphatic hydroxyl groups is 1. The van der Waals surface area contributed by atoms with Gasteiger partial charge in [0.15, 0.2) is 0 Å². The minimum Gasteiger partial charge on any atom is -0.481 e. The summed E-state index contributed by atoms with van der Waals surface area (Å²) in [5, 5.41) is 17.4. The fourth-order valence-electron chi connectivity index (χ4n) is 2.29. The van der Waals surface area contributed by atoms with Crippen LogP contribution < -0.4 is 0 Å². The Morgan fingerprint density at radius 1 is 1.44 bits per heavy atom. The van der Waals surface area contributed by atoms with Crippen molar-refractivity contribution in [3.63, 3.8) is 0 Å². The molecule has 0 saturated carbocycles. The first-order chi connectivity index (χ1) is 8.56. The van der Waals surface area contributed by atoms with Crippen LogP contribution in [0.15, 0.2) is 0 Å². The molecule has 0 spiro atoms. The van der Waals surface area contributed by atoms with Crippen LogP contribution in [0.25, 0.3) is 0 Å². The number of rotatable bonds is 6. The van der Waals surface area contributed by atoms with E-state index in [1.165, 1.54) is 4.90 Å². The number of hydrogen-bond acceptors (Lipinski definition) is 3. The summed E-state index contributed by atoms with van der Waals surface area (Å²) >= 11 is 0. The van der Waals surface area contributed by atoms with Crippen LogP contribution in [0.1, 0.15) is 32.1 Å². The monoisotopic (exact) mass is 258 g/mol. The molecule has 0 aromatic rings. The second-order valence-electron chi connectivity index (χ2n) is 4.70. The Balaban J connectivity index is 2.45. The Labute approximate surface area is 107 Å². The molecular weight excluding hydrogens is 236 g/mol. The van der Waals surface area contributed by atoms with Gasteiger partial charge in [0.25, 0.3) is 0 Å². The predicted molar refractivity (Wildman–Crippen MR) is 66.3 cm³/mol. The molecule has 0 aliphatic carbocycles. The highest BCUT2D eigenvalue weighted by molar-refractivity contribution is 5.75. The minimum atomic E-state index is -0.895. The summed E-state index contributed by atoms with van der Waals surface area (Å²) in [6, 6.07) is 0.0913. The van der Waals surface area contributed by atoms with E-state index in [4.69, 9.17) is 10.2 Å². The van der Waals surface area contributed by atoms with Crippen molar-refractivity contribution in [1.29, 1.82) is 0 Å². The van der Waals surface area contributed by atoms with Gasteiger partial charge in [0.05, 0.1) is 6.42 Å². The molecule has 1 atom stereocenters. The van der Waals surface area contributed by atoms with E-state index in [1.54, 1.807) is 11.9 Å². The lowest BCUT2D eigenvalue weighted by Crippen LogP contribution is -2.44. The van der Waals surface area contributed by atoms with Gasteiger partial charge in [-0.3, -0.25) is 4.79 Å². The smallest absolute Gasteiger partial charge is 0.320 e. The summed E-state index contributed by atoms with van der Waals surface area (Å²) < 4.78 is 0. The molecule has 1 fully saturated rings. The van der Waals surface area contributed by atoms with Crippen LogP contribution in [-0.4, -0.2) is 64.8 Å². The maximum absolute atomic E-state index is 12.1. The Morgan fingerprint density at radius 3 is 2.78 bits per heavy atom. The predicted octanol–water partition coefficient (Wildman–Crippen LogP) is 0.750. The van der Waals surface area contributed by atoms with Crippen LogP contribution in [-0.2, 0) is 4.79 Å². The SMILES string of the molecule is CN(CCC(=O)O)C(=O)N1CCCC1CCCO. The van der Waals surface area contributed by atoms with Gasteiger partial charge >= 0.3 is 12.0 Å². The quantitative estimate of drug-likeness (QED) is 0.736. The zero-order valence-electron chi connectivity index (χ0n) is 10.8. The number of carboxylic acid groups (broad SMARTS) is 1. The number of likely N-dealkylation sites (tertiary alicyclic amines) is 1. The average Bonchev–Trinajstić information content (AvgIpc) is 2.80. The number of urea groups is 1. The van der Waals surface area contributed by atoms with E-state index in [2.05, 4.69) is 0 Å². The van der Waals surface area contributed by atoms with E-state index in [9.17, 15) is 9.59 Å². The third kappa shape index (κ3) is 4.18. The summed E-state index contributed by atoms with van der Waals surface area (Å²) in [6.07, 6.45) is 3.44. The molecule has 0 aromatic heterocycles. The number of carboxylic acids is 1. The van der Waals surface area contributed by atoms with Crippen LogP contribution >= 0.6 is 0 Å². The minimum absolute atomic E-state index is 0.0304. The molecular formula is C12H22N2O4. The number of nitrogens with zero attached hydrogens (tertiary/aromatic N) is 2. The van der Waals surface area contributed by atoms with Crippen LogP contribution in [0.5, 0.6) is 0 Å². The first kappa shape index (κ1) is 14.8. The molecule has 104 valence electrons. The van der Waals surface area contributed by atoms with Crippen LogP contribution in [0.2, 0.25) is 0 Å². The summed E-state index contributed by atoms with van der Waals surface area (Å²) in [5.74, 6) is -0.895. The van der Waals surface area contributed by atoms with Crippen molar-refractivity contribution in [3.8, 4) is 0 Å². The second kappa shape index (κ2) is 7.20. The van der Waals surface area contributed by atoms with Gasteiger partial charge < -0.3 is 20.0 Å². The van der Waals surface area contributed by atoms with Crippen molar-refractivity contribution in [2.75, 3.05) is 26.7 Å². The van der Waals surface area contributed by atoms with Gasteiger partial charge in [0.1, 0.15) is 0 Å². The first-order valence-electron chi connectivity index (χ1n) is 6.40. The standard InChI is InChI=1S/C12H22N2O4/c1-13(8-6-11(16)17)12(18)14-7-2-4-10(14)5-3-9-15/h10,15H,2-9H2,1H3,(H,16,17). The molecule has 1 heterocycles.